The van der Waals surface area contributed by atoms with E-state index in [1.54, 1.807) is 25.1 Å². The lowest BCUT2D eigenvalue weighted by Gasteiger charge is -2.19. The predicted molar refractivity (Wildman–Crippen MR) is 98.6 cm³/mol. The topological polar surface area (TPSA) is 110 Å². The van der Waals surface area contributed by atoms with E-state index in [-0.39, 0.29) is 12.3 Å². The summed E-state index contributed by atoms with van der Waals surface area (Å²) in [6.45, 7) is 3.68. The van der Waals surface area contributed by atoms with Gasteiger partial charge in [0.2, 0.25) is 5.91 Å². The largest absolute Gasteiger partial charge is 0.441 e. The predicted octanol–water partition coefficient (Wildman–Crippen LogP) is 3.18. The van der Waals surface area contributed by atoms with E-state index in [0.717, 1.165) is 11.1 Å². The molecule has 4 N–H and O–H groups in total. The summed E-state index contributed by atoms with van der Waals surface area (Å²) in [6, 6.07) is 11.6. The van der Waals surface area contributed by atoms with Crippen LogP contribution in [0.15, 0.2) is 46.9 Å². The fraction of sp³-hybridized carbons (Fsp3) is 0.211. The highest BCUT2D eigenvalue weighted by atomic mass is 16.3. The summed E-state index contributed by atoms with van der Waals surface area (Å²) >= 11 is 0. The van der Waals surface area contributed by atoms with Gasteiger partial charge in [0, 0.05) is 12.6 Å². The van der Waals surface area contributed by atoms with Gasteiger partial charge in [-0.05, 0) is 36.2 Å². The van der Waals surface area contributed by atoms with Crippen molar-refractivity contribution in [1.82, 2.24) is 10.3 Å². The number of carbonyl (C=O) groups excluding carboxylic acids is 2. The molecule has 0 fully saturated rings. The van der Waals surface area contributed by atoms with E-state index in [2.05, 4.69) is 15.6 Å². The molecule has 7 nitrogen and oxygen atoms in total. The van der Waals surface area contributed by atoms with Gasteiger partial charge in [-0.1, -0.05) is 24.3 Å². The number of amides is 3. The van der Waals surface area contributed by atoms with Gasteiger partial charge in [0.15, 0.2) is 11.5 Å². The summed E-state index contributed by atoms with van der Waals surface area (Å²) in [5, 5.41) is 5.46. The van der Waals surface area contributed by atoms with E-state index < -0.39 is 12.1 Å². The van der Waals surface area contributed by atoms with Gasteiger partial charge in [-0.25, -0.2) is 9.78 Å². The maximum Gasteiger partial charge on any atom is 0.312 e. The average Bonchev–Trinajstić information content (AvgIpc) is 2.93. The van der Waals surface area contributed by atoms with Gasteiger partial charge >= 0.3 is 6.03 Å². The lowest BCUT2D eigenvalue weighted by Crippen LogP contribution is -2.35. The van der Waals surface area contributed by atoms with Crippen molar-refractivity contribution in [3.05, 3.63) is 59.5 Å². The van der Waals surface area contributed by atoms with Crippen LogP contribution in [0.25, 0.3) is 11.1 Å². The van der Waals surface area contributed by atoms with Crippen LogP contribution in [0.2, 0.25) is 0 Å². The number of rotatable bonds is 5. The molecular formula is C19H20N4O3. The molecule has 0 spiro atoms. The molecule has 1 heterocycles. The number of nitrogens with two attached hydrogens (primary N) is 1. The standard InChI is InChI=1S/C19H20N4O3/c1-11-5-3-4-6-14(11)15(23-19(20)25)10-18(24)22-13-7-8-17-16(9-13)21-12(2)26-17/h3-9,15H,10H2,1-2H3,(H,22,24)(H3,20,23,25). The lowest BCUT2D eigenvalue weighted by molar-refractivity contribution is -0.116. The van der Waals surface area contributed by atoms with Crippen LogP contribution in [0.3, 0.4) is 0 Å². The van der Waals surface area contributed by atoms with Gasteiger partial charge in [-0.2, -0.15) is 0 Å². The molecule has 3 aromatic rings. The molecule has 3 amide bonds. The third-order valence-electron chi connectivity index (χ3n) is 4.05. The molecule has 0 aliphatic rings. The molecule has 1 atom stereocenters. The number of benzene rings is 2. The van der Waals surface area contributed by atoms with Crippen LogP contribution in [-0.2, 0) is 4.79 Å². The van der Waals surface area contributed by atoms with Crippen molar-refractivity contribution in [1.29, 1.82) is 0 Å². The number of nitrogens with zero attached hydrogens (tertiary/aromatic N) is 1. The second-order valence-electron chi connectivity index (χ2n) is 6.09. The summed E-state index contributed by atoms with van der Waals surface area (Å²) in [4.78, 5) is 28.1. The average molecular weight is 352 g/mol. The van der Waals surface area contributed by atoms with Gasteiger partial charge in [0.05, 0.1) is 12.5 Å². The zero-order valence-corrected chi connectivity index (χ0v) is 14.6. The molecule has 0 saturated heterocycles. The number of anilines is 1. The maximum absolute atomic E-state index is 12.5. The summed E-state index contributed by atoms with van der Waals surface area (Å²) in [5.41, 5.74) is 9.04. The molecule has 2 aromatic carbocycles. The van der Waals surface area contributed by atoms with Crippen molar-refractivity contribution >= 4 is 28.7 Å². The van der Waals surface area contributed by atoms with Crippen LogP contribution in [-0.4, -0.2) is 16.9 Å². The summed E-state index contributed by atoms with van der Waals surface area (Å²) < 4.78 is 5.42. The van der Waals surface area contributed by atoms with Gasteiger partial charge in [-0.15, -0.1) is 0 Å². The van der Waals surface area contributed by atoms with Crippen molar-refractivity contribution in [3.8, 4) is 0 Å². The Morgan fingerprint density at radius 2 is 1.96 bits per heavy atom. The number of urea groups is 1. The number of carbonyl (C=O) groups is 2. The Labute approximate surface area is 150 Å². The minimum Gasteiger partial charge on any atom is -0.441 e. The van der Waals surface area contributed by atoms with E-state index in [9.17, 15) is 9.59 Å². The van der Waals surface area contributed by atoms with Crippen molar-refractivity contribution in [2.45, 2.75) is 26.3 Å². The first kappa shape index (κ1) is 17.5. The smallest absolute Gasteiger partial charge is 0.312 e. The number of aryl methyl sites for hydroxylation is 2. The van der Waals surface area contributed by atoms with Crippen LogP contribution in [0.4, 0.5) is 10.5 Å². The van der Waals surface area contributed by atoms with Crippen LogP contribution in [0.5, 0.6) is 0 Å². The van der Waals surface area contributed by atoms with E-state index in [4.69, 9.17) is 10.2 Å². The SMILES string of the molecule is Cc1nc2cc(NC(=O)CC(NC(N)=O)c3ccccc3C)ccc2o1. The van der Waals surface area contributed by atoms with Crippen molar-refractivity contribution in [2.75, 3.05) is 5.32 Å². The second-order valence-corrected chi connectivity index (χ2v) is 6.09. The number of oxazole rings is 1. The van der Waals surface area contributed by atoms with Crippen molar-refractivity contribution in [3.63, 3.8) is 0 Å². The molecule has 0 radical (unpaired) electrons. The van der Waals surface area contributed by atoms with E-state index in [1.165, 1.54) is 0 Å². The minimum atomic E-state index is -0.675. The number of hydrogen-bond donors (Lipinski definition) is 3. The van der Waals surface area contributed by atoms with Gasteiger partial charge in [0.1, 0.15) is 5.52 Å². The summed E-state index contributed by atoms with van der Waals surface area (Å²) in [5.74, 6) is 0.320. The highest BCUT2D eigenvalue weighted by Gasteiger charge is 2.19. The Morgan fingerprint density at radius 1 is 1.19 bits per heavy atom. The zero-order valence-electron chi connectivity index (χ0n) is 14.6. The quantitative estimate of drug-likeness (QED) is 0.655. The summed E-state index contributed by atoms with van der Waals surface area (Å²) in [7, 11) is 0. The van der Waals surface area contributed by atoms with Gasteiger partial charge < -0.3 is 20.8 Å². The Balaban J connectivity index is 1.76. The molecule has 0 aliphatic heterocycles. The second kappa shape index (κ2) is 7.26. The lowest BCUT2D eigenvalue weighted by atomic mass is 9.98. The fourth-order valence-corrected chi connectivity index (χ4v) is 2.91. The van der Waals surface area contributed by atoms with E-state index in [0.29, 0.717) is 22.7 Å². The third kappa shape index (κ3) is 4.00. The summed E-state index contributed by atoms with van der Waals surface area (Å²) in [6.07, 6.45) is 0.0592. The van der Waals surface area contributed by atoms with Crippen LogP contribution in [0.1, 0.15) is 29.5 Å². The molecule has 1 unspecified atom stereocenters. The molecule has 7 heteroatoms. The molecule has 26 heavy (non-hydrogen) atoms. The number of primary amides is 1. The highest BCUT2D eigenvalue weighted by Crippen LogP contribution is 2.23. The van der Waals surface area contributed by atoms with E-state index >= 15 is 0 Å². The molecule has 134 valence electrons. The normalized spacial score (nSPS) is 11.9. The van der Waals surface area contributed by atoms with E-state index in [1.807, 2.05) is 31.2 Å². The van der Waals surface area contributed by atoms with Crippen LogP contribution in [0, 0.1) is 13.8 Å². The highest BCUT2D eigenvalue weighted by molar-refractivity contribution is 5.93. The Hall–Kier alpha value is -3.35. The van der Waals surface area contributed by atoms with Crippen molar-refractivity contribution < 1.29 is 14.0 Å². The number of nitrogens with one attached hydrogen (secondary N) is 2. The Morgan fingerprint density at radius 3 is 2.69 bits per heavy atom. The first-order valence-corrected chi connectivity index (χ1v) is 8.21. The molecule has 0 bridgehead atoms. The molecule has 3 rings (SSSR count). The number of hydrogen-bond acceptors (Lipinski definition) is 4. The molecule has 0 saturated carbocycles. The monoisotopic (exact) mass is 352 g/mol. The number of fused-ring (bicyclic) bond motifs is 1. The number of aromatic nitrogens is 1. The van der Waals surface area contributed by atoms with Crippen LogP contribution >= 0.6 is 0 Å². The fourth-order valence-electron chi connectivity index (χ4n) is 2.91. The van der Waals surface area contributed by atoms with Crippen molar-refractivity contribution in [2.24, 2.45) is 5.73 Å². The maximum atomic E-state index is 12.5. The molecule has 1 aromatic heterocycles. The minimum absolute atomic E-state index is 0.0592. The third-order valence-corrected chi connectivity index (χ3v) is 4.05. The first-order valence-electron chi connectivity index (χ1n) is 8.21. The Bertz CT molecular complexity index is 964. The molecule has 0 aliphatic carbocycles. The van der Waals surface area contributed by atoms with Gasteiger partial charge in [-0.3, -0.25) is 4.79 Å². The molecular weight excluding hydrogens is 332 g/mol. The first-order chi connectivity index (χ1) is 12.4. The van der Waals surface area contributed by atoms with Crippen LogP contribution < -0.4 is 16.4 Å². The zero-order chi connectivity index (χ0) is 18.7. The van der Waals surface area contributed by atoms with Gasteiger partial charge in [0.25, 0.3) is 0 Å². The Kier molecular flexibility index (Phi) is 4.88.